The van der Waals surface area contributed by atoms with Gasteiger partial charge in [-0.25, -0.2) is 0 Å². The predicted molar refractivity (Wildman–Crippen MR) is 101 cm³/mol. The van der Waals surface area contributed by atoms with Gasteiger partial charge in [-0.1, -0.05) is 6.07 Å². The molecule has 2 aromatic carbocycles. The lowest BCUT2D eigenvalue weighted by molar-refractivity contribution is 0.110. The fourth-order valence-corrected chi connectivity index (χ4v) is 2.43. The number of nitrogens with one attached hydrogen (secondary N) is 1. The van der Waals surface area contributed by atoms with E-state index in [-0.39, 0.29) is 0 Å². The number of nitrogens with zero attached hydrogens (tertiary/aromatic N) is 1. The van der Waals surface area contributed by atoms with Crippen molar-refractivity contribution in [2.75, 3.05) is 25.6 Å². The summed E-state index contributed by atoms with van der Waals surface area (Å²) in [6.45, 7) is 4.20. The lowest BCUT2D eigenvalue weighted by Gasteiger charge is -2.06. The lowest BCUT2D eigenvalue weighted by Crippen LogP contribution is -2.06. The Morgan fingerprint density at radius 2 is 1.81 bits per heavy atom. The summed E-state index contributed by atoms with van der Waals surface area (Å²) in [6.07, 6.45) is 0. The van der Waals surface area contributed by atoms with Gasteiger partial charge in [0.15, 0.2) is 0 Å². The van der Waals surface area contributed by atoms with Crippen molar-refractivity contribution >= 4 is 5.69 Å². The molecule has 3 aromatic rings. The largest absolute Gasteiger partial charge is 0.491 e. The van der Waals surface area contributed by atoms with Gasteiger partial charge in [0, 0.05) is 23.9 Å². The van der Waals surface area contributed by atoms with Crippen LogP contribution in [-0.2, 0) is 11.3 Å². The Kier molecular flexibility index (Phi) is 6.11. The minimum Gasteiger partial charge on any atom is -0.491 e. The van der Waals surface area contributed by atoms with Crippen LogP contribution in [0.5, 0.6) is 11.5 Å². The molecule has 0 amide bonds. The number of benzene rings is 2. The van der Waals surface area contributed by atoms with Gasteiger partial charge in [-0.2, -0.15) is 5.10 Å². The van der Waals surface area contributed by atoms with Gasteiger partial charge in [0.05, 0.1) is 18.0 Å². The van der Waals surface area contributed by atoms with E-state index in [1.807, 2.05) is 55.5 Å². The molecule has 0 atom stereocenters. The van der Waals surface area contributed by atoms with Crippen LogP contribution >= 0.6 is 0 Å². The SMILES string of the molecule is CCOCCOc1ccc(-c2cc(COc3cccc(N)c3)[nH]n2)cc1. The molecule has 0 aliphatic rings. The third-order valence-electron chi connectivity index (χ3n) is 3.73. The Morgan fingerprint density at radius 3 is 2.58 bits per heavy atom. The number of nitrogen functional groups attached to an aromatic ring is 1. The molecule has 0 spiro atoms. The summed E-state index contributed by atoms with van der Waals surface area (Å²) >= 11 is 0. The van der Waals surface area contributed by atoms with E-state index in [2.05, 4.69) is 10.2 Å². The van der Waals surface area contributed by atoms with Gasteiger partial charge in [0.25, 0.3) is 0 Å². The first kappa shape index (κ1) is 17.8. The highest BCUT2D eigenvalue weighted by atomic mass is 16.5. The maximum Gasteiger partial charge on any atom is 0.130 e. The van der Waals surface area contributed by atoms with Crippen LogP contribution < -0.4 is 15.2 Å². The van der Waals surface area contributed by atoms with E-state index in [1.165, 1.54) is 0 Å². The molecule has 0 radical (unpaired) electrons. The lowest BCUT2D eigenvalue weighted by atomic mass is 10.1. The van der Waals surface area contributed by atoms with Gasteiger partial charge in [-0.3, -0.25) is 5.10 Å². The number of H-pyrrole nitrogens is 1. The Morgan fingerprint density at radius 1 is 0.962 bits per heavy atom. The number of aromatic amines is 1. The zero-order valence-electron chi connectivity index (χ0n) is 14.8. The maximum absolute atomic E-state index is 5.75. The second kappa shape index (κ2) is 8.92. The number of anilines is 1. The van der Waals surface area contributed by atoms with Crippen molar-refractivity contribution in [3.63, 3.8) is 0 Å². The Labute approximate surface area is 152 Å². The minimum atomic E-state index is 0.398. The van der Waals surface area contributed by atoms with Crippen LogP contribution in [0.15, 0.2) is 54.6 Å². The van der Waals surface area contributed by atoms with Crippen LogP contribution in [0.1, 0.15) is 12.6 Å². The van der Waals surface area contributed by atoms with Crippen molar-refractivity contribution in [2.24, 2.45) is 0 Å². The maximum atomic E-state index is 5.75. The summed E-state index contributed by atoms with van der Waals surface area (Å²) in [5, 5.41) is 7.34. The zero-order chi connectivity index (χ0) is 18.2. The third kappa shape index (κ3) is 5.00. The zero-order valence-corrected chi connectivity index (χ0v) is 14.8. The highest BCUT2D eigenvalue weighted by molar-refractivity contribution is 5.60. The standard InChI is InChI=1S/C20H23N3O3/c1-2-24-10-11-25-18-8-6-15(7-9-18)20-13-17(22-23-20)14-26-19-5-3-4-16(21)12-19/h3-9,12-13H,2,10-11,14,21H2,1H3,(H,22,23). The van der Waals surface area contributed by atoms with Crippen LogP contribution in [0, 0.1) is 0 Å². The molecule has 0 bridgehead atoms. The topological polar surface area (TPSA) is 82.4 Å². The molecular formula is C20H23N3O3. The first-order valence-corrected chi connectivity index (χ1v) is 8.58. The van der Waals surface area contributed by atoms with E-state index in [9.17, 15) is 0 Å². The van der Waals surface area contributed by atoms with Crippen LogP contribution in [-0.4, -0.2) is 30.0 Å². The summed E-state index contributed by atoms with van der Waals surface area (Å²) in [5.74, 6) is 1.55. The van der Waals surface area contributed by atoms with Crippen molar-refractivity contribution in [3.8, 4) is 22.8 Å². The molecule has 6 heteroatoms. The van der Waals surface area contributed by atoms with Crippen LogP contribution in [0.4, 0.5) is 5.69 Å². The van der Waals surface area contributed by atoms with E-state index in [0.717, 1.165) is 28.5 Å². The van der Waals surface area contributed by atoms with Crippen molar-refractivity contribution < 1.29 is 14.2 Å². The Hall–Kier alpha value is -2.99. The summed E-state index contributed by atoms with van der Waals surface area (Å²) in [6, 6.07) is 17.1. The van der Waals surface area contributed by atoms with Crippen LogP contribution in [0.25, 0.3) is 11.3 Å². The van der Waals surface area contributed by atoms with E-state index >= 15 is 0 Å². The molecule has 0 saturated heterocycles. The monoisotopic (exact) mass is 353 g/mol. The number of nitrogens with two attached hydrogens (primary N) is 1. The molecule has 1 aromatic heterocycles. The highest BCUT2D eigenvalue weighted by Gasteiger charge is 2.05. The van der Waals surface area contributed by atoms with Crippen molar-refractivity contribution in [1.82, 2.24) is 10.2 Å². The van der Waals surface area contributed by atoms with Gasteiger partial charge in [0.1, 0.15) is 24.7 Å². The van der Waals surface area contributed by atoms with Crippen LogP contribution in [0.3, 0.4) is 0 Å². The molecule has 1 heterocycles. The van der Waals surface area contributed by atoms with Crippen molar-refractivity contribution in [1.29, 1.82) is 0 Å². The molecule has 0 fully saturated rings. The molecule has 3 rings (SSSR count). The molecule has 26 heavy (non-hydrogen) atoms. The van der Waals surface area contributed by atoms with Crippen molar-refractivity contribution in [3.05, 3.63) is 60.3 Å². The predicted octanol–water partition coefficient (Wildman–Crippen LogP) is 3.65. The molecule has 3 N–H and O–H groups in total. The van der Waals surface area contributed by atoms with Gasteiger partial charge in [0.2, 0.25) is 0 Å². The van der Waals surface area contributed by atoms with Crippen molar-refractivity contribution in [2.45, 2.75) is 13.5 Å². The summed E-state index contributed by atoms with van der Waals surface area (Å²) in [5.41, 5.74) is 9.18. The number of hydrogen-bond donors (Lipinski definition) is 2. The molecule has 0 saturated carbocycles. The molecule has 6 nitrogen and oxygen atoms in total. The number of aromatic nitrogens is 2. The van der Waals surface area contributed by atoms with Crippen LogP contribution in [0.2, 0.25) is 0 Å². The first-order chi connectivity index (χ1) is 12.7. The quantitative estimate of drug-likeness (QED) is 0.453. The summed E-state index contributed by atoms with van der Waals surface area (Å²) in [4.78, 5) is 0. The Bertz CT molecular complexity index is 815. The second-order valence-electron chi connectivity index (χ2n) is 5.71. The van der Waals surface area contributed by atoms with E-state index < -0.39 is 0 Å². The van der Waals surface area contributed by atoms with Gasteiger partial charge in [-0.05, 0) is 49.4 Å². The van der Waals surface area contributed by atoms with E-state index in [1.54, 1.807) is 6.07 Å². The normalized spacial score (nSPS) is 10.7. The van der Waals surface area contributed by atoms with E-state index in [0.29, 0.717) is 32.1 Å². The third-order valence-corrected chi connectivity index (χ3v) is 3.73. The number of hydrogen-bond acceptors (Lipinski definition) is 5. The molecular weight excluding hydrogens is 330 g/mol. The van der Waals surface area contributed by atoms with Gasteiger partial charge < -0.3 is 19.9 Å². The fraction of sp³-hybridized carbons (Fsp3) is 0.250. The summed E-state index contributed by atoms with van der Waals surface area (Å²) in [7, 11) is 0. The molecule has 136 valence electrons. The van der Waals surface area contributed by atoms with Gasteiger partial charge in [-0.15, -0.1) is 0 Å². The number of ether oxygens (including phenoxy) is 3. The number of rotatable bonds is 9. The fourth-order valence-electron chi connectivity index (χ4n) is 2.43. The average Bonchev–Trinajstić information content (AvgIpc) is 3.13. The first-order valence-electron chi connectivity index (χ1n) is 8.58. The average molecular weight is 353 g/mol. The summed E-state index contributed by atoms with van der Waals surface area (Å²) < 4.78 is 16.6. The molecule has 0 unspecified atom stereocenters. The van der Waals surface area contributed by atoms with E-state index in [4.69, 9.17) is 19.9 Å². The van der Waals surface area contributed by atoms with Gasteiger partial charge >= 0.3 is 0 Å². The molecule has 0 aliphatic heterocycles. The Balaban J connectivity index is 1.55. The molecule has 0 aliphatic carbocycles. The second-order valence-corrected chi connectivity index (χ2v) is 5.71. The minimum absolute atomic E-state index is 0.398. The highest BCUT2D eigenvalue weighted by Crippen LogP contribution is 2.22. The smallest absolute Gasteiger partial charge is 0.130 e.